The standard InChI is InChI=1S/C23H19NO3/c1-22(2)23(21(25)18-9-5-6-10-20(18)26-22)14-19(24-27-23)17-12-11-15-7-3-4-8-16(15)13-17/h3-13H,14H2,1-2H3. The second-order valence-electron chi connectivity index (χ2n) is 7.63. The molecule has 0 saturated heterocycles. The SMILES string of the molecule is CC1(C)Oc2ccccc2C(=O)C12CC(c1ccc3ccccc3c1)=NO2. The Bertz CT molecular complexity index is 1120. The normalized spacial score (nSPS) is 22.9. The van der Waals surface area contributed by atoms with Gasteiger partial charge in [0.2, 0.25) is 11.4 Å². The van der Waals surface area contributed by atoms with Crippen molar-refractivity contribution in [2.45, 2.75) is 31.5 Å². The Balaban J connectivity index is 1.55. The maximum Gasteiger partial charge on any atom is 0.243 e. The van der Waals surface area contributed by atoms with Gasteiger partial charge in [0.1, 0.15) is 5.75 Å². The van der Waals surface area contributed by atoms with Crippen molar-refractivity contribution in [3.8, 4) is 5.75 Å². The van der Waals surface area contributed by atoms with Gasteiger partial charge in [-0.1, -0.05) is 53.7 Å². The van der Waals surface area contributed by atoms with E-state index in [1.165, 1.54) is 5.39 Å². The van der Waals surface area contributed by atoms with Crippen molar-refractivity contribution in [2.75, 3.05) is 0 Å². The summed E-state index contributed by atoms with van der Waals surface area (Å²) in [7, 11) is 0. The summed E-state index contributed by atoms with van der Waals surface area (Å²) >= 11 is 0. The average Bonchev–Trinajstić information content (AvgIpc) is 3.13. The third kappa shape index (κ3) is 2.23. The highest BCUT2D eigenvalue weighted by atomic mass is 16.7. The molecule has 1 spiro atoms. The Hall–Kier alpha value is -3.14. The van der Waals surface area contributed by atoms with Crippen molar-refractivity contribution in [3.63, 3.8) is 0 Å². The molecule has 0 saturated carbocycles. The van der Waals surface area contributed by atoms with E-state index in [1.54, 1.807) is 6.07 Å². The molecule has 0 aromatic heterocycles. The third-order valence-electron chi connectivity index (χ3n) is 5.65. The minimum Gasteiger partial charge on any atom is -0.482 e. The van der Waals surface area contributed by atoms with E-state index in [4.69, 9.17) is 9.57 Å². The number of carbonyl (C=O) groups is 1. The molecule has 0 fully saturated rings. The molecule has 2 aliphatic heterocycles. The van der Waals surface area contributed by atoms with Crippen LogP contribution < -0.4 is 4.74 Å². The van der Waals surface area contributed by atoms with E-state index in [0.29, 0.717) is 17.7 Å². The van der Waals surface area contributed by atoms with Gasteiger partial charge in [0.05, 0.1) is 11.3 Å². The zero-order valence-corrected chi connectivity index (χ0v) is 15.2. The zero-order chi connectivity index (χ0) is 18.6. The lowest BCUT2D eigenvalue weighted by Crippen LogP contribution is -2.61. The number of hydrogen-bond acceptors (Lipinski definition) is 4. The summed E-state index contributed by atoms with van der Waals surface area (Å²) in [6.07, 6.45) is 0.380. The highest BCUT2D eigenvalue weighted by molar-refractivity contribution is 6.13. The van der Waals surface area contributed by atoms with Gasteiger partial charge in [0.25, 0.3) is 0 Å². The molecule has 3 aromatic carbocycles. The maximum atomic E-state index is 13.4. The van der Waals surface area contributed by atoms with Crippen LogP contribution >= 0.6 is 0 Å². The van der Waals surface area contributed by atoms with Gasteiger partial charge in [-0.3, -0.25) is 4.79 Å². The van der Waals surface area contributed by atoms with E-state index >= 15 is 0 Å². The molecular weight excluding hydrogens is 338 g/mol. The Morgan fingerprint density at radius 2 is 1.67 bits per heavy atom. The monoisotopic (exact) mass is 357 g/mol. The molecule has 0 bridgehead atoms. The van der Waals surface area contributed by atoms with Crippen LogP contribution in [0.4, 0.5) is 0 Å². The second-order valence-corrected chi connectivity index (χ2v) is 7.63. The summed E-state index contributed by atoms with van der Waals surface area (Å²) in [5, 5.41) is 6.63. The first-order valence-corrected chi connectivity index (χ1v) is 9.07. The molecule has 0 amide bonds. The van der Waals surface area contributed by atoms with Crippen LogP contribution in [0.3, 0.4) is 0 Å². The number of Topliss-reactive ketones (excluding diaryl/α,β-unsaturated/α-hetero) is 1. The van der Waals surface area contributed by atoms with E-state index in [0.717, 1.165) is 16.7 Å². The third-order valence-corrected chi connectivity index (χ3v) is 5.65. The van der Waals surface area contributed by atoms with Gasteiger partial charge >= 0.3 is 0 Å². The lowest BCUT2D eigenvalue weighted by molar-refractivity contribution is -0.118. The van der Waals surface area contributed by atoms with Crippen LogP contribution in [0, 0.1) is 0 Å². The van der Waals surface area contributed by atoms with E-state index < -0.39 is 11.2 Å². The molecule has 27 heavy (non-hydrogen) atoms. The smallest absolute Gasteiger partial charge is 0.243 e. The Labute approximate surface area is 157 Å². The zero-order valence-electron chi connectivity index (χ0n) is 15.2. The average molecular weight is 357 g/mol. The minimum atomic E-state index is -1.15. The predicted octanol–water partition coefficient (Wildman–Crippen LogP) is 4.76. The van der Waals surface area contributed by atoms with Gasteiger partial charge < -0.3 is 9.57 Å². The van der Waals surface area contributed by atoms with Gasteiger partial charge in [-0.2, -0.15) is 0 Å². The van der Waals surface area contributed by atoms with Crippen LogP contribution in [-0.4, -0.2) is 22.7 Å². The van der Waals surface area contributed by atoms with Gasteiger partial charge in [0, 0.05) is 12.0 Å². The van der Waals surface area contributed by atoms with Crippen molar-refractivity contribution in [1.29, 1.82) is 0 Å². The molecule has 4 nitrogen and oxygen atoms in total. The first kappa shape index (κ1) is 16.1. The van der Waals surface area contributed by atoms with Crippen molar-refractivity contribution in [3.05, 3.63) is 77.9 Å². The fourth-order valence-electron chi connectivity index (χ4n) is 3.99. The molecule has 0 N–H and O–H groups in total. The summed E-state index contributed by atoms with van der Waals surface area (Å²) in [5.74, 6) is 0.523. The Kier molecular flexibility index (Phi) is 3.23. The van der Waals surface area contributed by atoms with Gasteiger partial charge in [-0.05, 0) is 42.8 Å². The van der Waals surface area contributed by atoms with Crippen LogP contribution in [0.25, 0.3) is 10.8 Å². The molecule has 134 valence electrons. The minimum absolute atomic E-state index is 0.0751. The van der Waals surface area contributed by atoms with Crippen LogP contribution in [-0.2, 0) is 4.84 Å². The first-order chi connectivity index (χ1) is 13.0. The van der Waals surface area contributed by atoms with Crippen molar-refractivity contribution >= 4 is 22.3 Å². The fourth-order valence-corrected chi connectivity index (χ4v) is 3.99. The molecule has 2 aliphatic rings. The van der Waals surface area contributed by atoms with Gasteiger partial charge in [-0.25, -0.2) is 0 Å². The Morgan fingerprint density at radius 1 is 0.926 bits per heavy atom. The van der Waals surface area contributed by atoms with E-state index in [9.17, 15) is 4.79 Å². The predicted molar refractivity (Wildman–Crippen MR) is 104 cm³/mol. The Morgan fingerprint density at radius 3 is 2.52 bits per heavy atom. The van der Waals surface area contributed by atoms with Gasteiger partial charge in [0.15, 0.2) is 5.60 Å². The van der Waals surface area contributed by atoms with Crippen LogP contribution in [0.2, 0.25) is 0 Å². The number of nitrogens with zero attached hydrogens (tertiary/aromatic N) is 1. The molecular formula is C23H19NO3. The first-order valence-electron chi connectivity index (χ1n) is 9.07. The molecule has 3 aromatic rings. The van der Waals surface area contributed by atoms with Crippen LogP contribution in [0.5, 0.6) is 5.75 Å². The van der Waals surface area contributed by atoms with E-state index in [1.807, 2.05) is 50.2 Å². The number of para-hydroxylation sites is 1. The molecule has 0 aliphatic carbocycles. The summed E-state index contributed by atoms with van der Waals surface area (Å²) in [6.45, 7) is 3.78. The molecule has 2 heterocycles. The highest BCUT2D eigenvalue weighted by Crippen LogP contribution is 2.46. The topological polar surface area (TPSA) is 47.9 Å². The summed E-state index contributed by atoms with van der Waals surface area (Å²) < 4.78 is 6.16. The van der Waals surface area contributed by atoms with Crippen molar-refractivity contribution < 1.29 is 14.4 Å². The maximum absolute atomic E-state index is 13.4. The van der Waals surface area contributed by atoms with Crippen LogP contribution in [0.1, 0.15) is 36.2 Å². The van der Waals surface area contributed by atoms with Crippen molar-refractivity contribution in [1.82, 2.24) is 0 Å². The molecule has 5 rings (SSSR count). The largest absolute Gasteiger partial charge is 0.482 e. The molecule has 4 heteroatoms. The molecule has 1 unspecified atom stereocenters. The molecule has 1 atom stereocenters. The van der Waals surface area contributed by atoms with Crippen LogP contribution in [0.15, 0.2) is 71.9 Å². The van der Waals surface area contributed by atoms with E-state index in [2.05, 4.69) is 29.4 Å². The second kappa shape index (κ2) is 5.43. The number of carbonyl (C=O) groups excluding carboxylic acids is 1. The summed E-state index contributed by atoms with van der Waals surface area (Å²) in [6, 6.07) is 21.7. The summed E-state index contributed by atoms with van der Waals surface area (Å²) in [5.41, 5.74) is 0.299. The van der Waals surface area contributed by atoms with Crippen molar-refractivity contribution in [2.24, 2.45) is 5.16 Å². The number of fused-ring (bicyclic) bond motifs is 2. The number of rotatable bonds is 1. The molecule has 0 radical (unpaired) electrons. The fraction of sp³-hybridized carbons (Fsp3) is 0.217. The quantitative estimate of drug-likeness (QED) is 0.631. The number of oxime groups is 1. The number of ether oxygens (including phenoxy) is 1. The summed E-state index contributed by atoms with van der Waals surface area (Å²) in [4.78, 5) is 19.2. The van der Waals surface area contributed by atoms with Gasteiger partial charge in [-0.15, -0.1) is 0 Å². The lowest BCUT2D eigenvalue weighted by atomic mass is 9.73. The lowest BCUT2D eigenvalue weighted by Gasteiger charge is -2.44. The number of ketones is 1. The van der Waals surface area contributed by atoms with E-state index in [-0.39, 0.29) is 5.78 Å². The number of benzene rings is 3. The number of hydrogen-bond donors (Lipinski definition) is 0. The highest BCUT2D eigenvalue weighted by Gasteiger charge is 2.62.